The van der Waals surface area contributed by atoms with Gasteiger partial charge in [-0.1, -0.05) is 17.3 Å². The minimum Gasteiger partial charge on any atom is -0.379 e. The van der Waals surface area contributed by atoms with Gasteiger partial charge in [0.15, 0.2) is 0 Å². The first-order valence-corrected chi connectivity index (χ1v) is 7.48. The Kier molecular flexibility index (Phi) is 4.11. The Morgan fingerprint density at radius 3 is 2.91 bits per heavy atom. The molecule has 22 heavy (non-hydrogen) atoms. The van der Waals surface area contributed by atoms with Crippen molar-refractivity contribution in [1.82, 2.24) is 5.32 Å². The number of rotatable bonds is 4. The van der Waals surface area contributed by atoms with E-state index in [4.69, 9.17) is 9.57 Å². The second-order valence-corrected chi connectivity index (χ2v) is 5.89. The third kappa shape index (κ3) is 3.11. The van der Waals surface area contributed by atoms with Crippen molar-refractivity contribution < 1.29 is 18.8 Å². The number of hydrogen-bond donors (Lipinski definition) is 1. The van der Waals surface area contributed by atoms with Gasteiger partial charge >= 0.3 is 0 Å². The summed E-state index contributed by atoms with van der Waals surface area (Å²) < 4.78 is 18.4. The fraction of sp³-hybridized carbons (Fsp3) is 0.500. The average Bonchev–Trinajstić information content (AvgIpc) is 3.16. The third-order valence-electron chi connectivity index (χ3n) is 4.03. The van der Waals surface area contributed by atoms with E-state index in [0.29, 0.717) is 18.7 Å². The minimum absolute atomic E-state index is 0.0893. The first kappa shape index (κ1) is 15.0. The molecular weight excluding hydrogens is 287 g/mol. The maximum absolute atomic E-state index is 13.0. The zero-order valence-corrected chi connectivity index (χ0v) is 12.5. The van der Waals surface area contributed by atoms with Crippen molar-refractivity contribution in [2.45, 2.75) is 37.9 Å². The average molecular weight is 306 g/mol. The number of halogens is 1. The van der Waals surface area contributed by atoms with E-state index in [0.717, 1.165) is 25.0 Å². The summed E-state index contributed by atoms with van der Waals surface area (Å²) in [4.78, 5) is 17.7. The summed E-state index contributed by atoms with van der Waals surface area (Å²) in [7, 11) is 0. The molecule has 6 heteroatoms. The minimum atomic E-state index is -1.03. The number of nitrogens with zero attached hydrogens (tertiary/aromatic N) is 1. The van der Waals surface area contributed by atoms with E-state index in [1.54, 1.807) is 19.1 Å². The van der Waals surface area contributed by atoms with Gasteiger partial charge in [0.25, 0.3) is 5.91 Å². The molecule has 0 saturated carbocycles. The van der Waals surface area contributed by atoms with Crippen LogP contribution < -0.4 is 5.32 Å². The molecule has 1 saturated heterocycles. The van der Waals surface area contributed by atoms with Crippen LogP contribution in [0.3, 0.4) is 0 Å². The summed E-state index contributed by atoms with van der Waals surface area (Å²) >= 11 is 0. The summed E-state index contributed by atoms with van der Waals surface area (Å²) in [6, 6.07) is 6.00. The van der Waals surface area contributed by atoms with Crippen LogP contribution in [-0.2, 0) is 14.4 Å². The highest BCUT2D eigenvalue weighted by Gasteiger charge is 2.42. The zero-order chi connectivity index (χ0) is 15.6. The monoisotopic (exact) mass is 306 g/mol. The Morgan fingerprint density at radius 1 is 1.45 bits per heavy atom. The second-order valence-electron chi connectivity index (χ2n) is 5.89. The first-order valence-electron chi connectivity index (χ1n) is 7.48. The summed E-state index contributed by atoms with van der Waals surface area (Å²) in [6.07, 6.45) is 2.45. The predicted molar refractivity (Wildman–Crippen MR) is 79.0 cm³/mol. The van der Waals surface area contributed by atoms with Crippen LogP contribution in [0.4, 0.5) is 4.39 Å². The van der Waals surface area contributed by atoms with Crippen molar-refractivity contribution in [1.29, 1.82) is 0 Å². The van der Waals surface area contributed by atoms with Crippen LogP contribution in [0.1, 0.15) is 31.7 Å². The number of hydrogen-bond acceptors (Lipinski definition) is 4. The Bertz CT molecular complexity index is 582. The number of oxime groups is 1. The summed E-state index contributed by atoms with van der Waals surface area (Å²) in [5.74, 6) is -0.510. The molecular formula is C16H19FN2O3. The molecule has 118 valence electrons. The third-order valence-corrected chi connectivity index (χ3v) is 4.03. The topological polar surface area (TPSA) is 59.9 Å². The predicted octanol–water partition coefficient (Wildman–Crippen LogP) is 2.00. The lowest BCUT2D eigenvalue weighted by Crippen LogP contribution is -2.46. The molecule has 2 aliphatic heterocycles. The maximum atomic E-state index is 13.0. The number of amides is 1. The molecule has 0 bridgehead atoms. The molecule has 1 aromatic rings. The molecule has 2 heterocycles. The molecule has 0 aliphatic carbocycles. The lowest BCUT2D eigenvalue weighted by Gasteiger charge is -2.21. The molecule has 1 fully saturated rings. The summed E-state index contributed by atoms with van der Waals surface area (Å²) in [5, 5.41) is 6.86. The summed E-state index contributed by atoms with van der Waals surface area (Å²) in [5.41, 5.74) is 0.384. The quantitative estimate of drug-likeness (QED) is 0.925. The first-order chi connectivity index (χ1) is 10.6. The maximum Gasteiger partial charge on any atom is 0.267 e. The van der Waals surface area contributed by atoms with Gasteiger partial charge in [-0.05, 0) is 37.5 Å². The number of carbonyl (C=O) groups is 1. The second kappa shape index (κ2) is 6.04. The standard InChI is InChI=1S/C16H19FN2O3/c1-16(15(20)18-10-13-3-2-8-21-13)9-14(19-22-16)11-4-6-12(17)7-5-11/h4-7,13H,2-3,8-10H2,1H3,(H,18,20)/t13-,16-/m0/s1. The number of benzene rings is 1. The van der Waals surface area contributed by atoms with Crippen LogP contribution in [-0.4, -0.2) is 36.5 Å². The highest BCUT2D eigenvalue weighted by Crippen LogP contribution is 2.27. The van der Waals surface area contributed by atoms with Crippen LogP contribution in [0.2, 0.25) is 0 Å². The van der Waals surface area contributed by atoms with Gasteiger partial charge in [-0.15, -0.1) is 0 Å². The van der Waals surface area contributed by atoms with Gasteiger partial charge in [0.05, 0.1) is 11.8 Å². The number of carbonyl (C=O) groups excluding carboxylic acids is 1. The lowest BCUT2D eigenvalue weighted by molar-refractivity contribution is -0.142. The van der Waals surface area contributed by atoms with E-state index < -0.39 is 5.60 Å². The van der Waals surface area contributed by atoms with E-state index >= 15 is 0 Å². The van der Waals surface area contributed by atoms with Crippen molar-refractivity contribution in [2.24, 2.45) is 5.16 Å². The van der Waals surface area contributed by atoms with E-state index in [9.17, 15) is 9.18 Å². The highest BCUT2D eigenvalue weighted by molar-refractivity contribution is 6.05. The molecule has 0 spiro atoms. The van der Waals surface area contributed by atoms with Crippen molar-refractivity contribution in [3.8, 4) is 0 Å². The summed E-state index contributed by atoms with van der Waals surface area (Å²) in [6.45, 7) is 2.95. The van der Waals surface area contributed by atoms with E-state index in [1.165, 1.54) is 12.1 Å². The Hall–Kier alpha value is -1.95. The molecule has 0 unspecified atom stereocenters. The van der Waals surface area contributed by atoms with E-state index in [2.05, 4.69) is 10.5 Å². The van der Waals surface area contributed by atoms with Gasteiger partial charge in [0.2, 0.25) is 5.60 Å². The molecule has 3 rings (SSSR count). The van der Waals surface area contributed by atoms with Crippen LogP contribution >= 0.6 is 0 Å². The molecule has 1 amide bonds. The fourth-order valence-corrected chi connectivity index (χ4v) is 2.66. The fourth-order valence-electron chi connectivity index (χ4n) is 2.66. The zero-order valence-electron chi connectivity index (χ0n) is 12.5. The Balaban J connectivity index is 1.58. The van der Waals surface area contributed by atoms with Gasteiger partial charge in [-0.3, -0.25) is 4.79 Å². The van der Waals surface area contributed by atoms with Crippen LogP contribution in [0, 0.1) is 5.82 Å². The molecule has 2 atom stereocenters. The SMILES string of the molecule is C[C@@]1(C(=O)NC[C@@H]2CCCO2)CC(c2ccc(F)cc2)=NO1. The van der Waals surface area contributed by atoms with Gasteiger partial charge in [0, 0.05) is 19.6 Å². The number of nitrogens with one attached hydrogen (secondary N) is 1. The molecule has 1 N–H and O–H groups in total. The van der Waals surface area contributed by atoms with Crippen molar-refractivity contribution in [3.05, 3.63) is 35.6 Å². The normalized spacial score (nSPS) is 27.4. The number of ether oxygens (including phenoxy) is 1. The van der Waals surface area contributed by atoms with Crippen LogP contribution in [0.5, 0.6) is 0 Å². The molecule has 1 aromatic carbocycles. The van der Waals surface area contributed by atoms with Crippen molar-refractivity contribution >= 4 is 11.6 Å². The molecule has 2 aliphatic rings. The lowest BCUT2D eigenvalue weighted by atomic mass is 9.95. The van der Waals surface area contributed by atoms with Gasteiger partial charge in [-0.25, -0.2) is 4.39 Å². The van der Waals surface area contributed by atoms with E-state index in [1.807, 2.05) is 0 Å². The highest BCUT2D eigenvalue weighted by atomic mass is 19.1. The largest absolute Gasteiger partial charge is 0.379 e. The molecule has 0 aromatic heterocycles. The van der Waals surface area contributed by atoms with Gasteiger partial charge in [0.1, 0.15) is 5.82 Å². The van der Waals surface area contributed by atoms with Crippen molar-refractivity contribution in [3.63, 3.8) is 0 Å². The Morgan fingerprint density at radius 2 is 2.23 bits per heavy atom. The van der Waals surface area contributed by atoms with Gasteiger partial charge in [-0.2, -0.15) is 0 Å². The smallest absolute Gasteiger partial charge is 0.267 e. The van der Waals surface area contributed by atoms with Gasteiger partial charge < -0.3 is 14.9 Å². The van der Waals surface area contributed by atoms with E-state index in [-0.39, 0.29) is 17.8 Å². The van der Waals surface area contributed by atoms with Crippen LogP contribution in [0.25, 0.3) is 0 Å². The van der Waals surface area contributed by atoms with Crippen molar-refractivity contribution in [2.75, 3.05) is 13.2 Å². The Labute approximate surface area is 128 Å². The van der Waals surface area contributed by atoms with Crippen LogP contribution in [0.15, 0.2) is 29.4 Å². The molecule has 0 radical (unpaired) electrons. The molecule has 5 nitrogen and oxygen atoms in total.